The maximum absolute atomic E-state index is 10.7. The van der Waals surface area contributed by atoms with Crippen LogP contribution < -0.4 is 4.74 Å². The Bertz CT molecular complexity index is 627. The summed E-state index contributed by atoms with van der Waals surface area (Å²) in [5.41, 5.74) is 3.51. The second kappa shape index (κ2) is 6.82. The van der Waals surface area contributed by atoms with E-state index in [0.717, 1.165) is 30.6 Å². The standard InChI is InChI=1S/C22H32O2/c1-5-6-7-8-9-16-13-19(23)21-17-12-15(2)10-11-18(17)22(3,4)24-20(21)14-16/h10,13-14,17-18,23H,5-9,11-12H2,1-4H3. The van der Waals surface area contributed by atoms with Gasteiger partial charge in [-0.3, -0.25) is 0 Å². The summed E-state index contributed by atoms with van der Waals surface area (Å²) in [7, 11) is 0. The monoisotopic (exact) mass is 328 g/mol. The molecular weight excluding hydrogens is 296 g/mol. The van der Waals surface area contributed by atoms with E-state index in [2.05, 4.69) is 39.8 Å². The molecular formula is C22H32O2. The van der Waals surface area contributed by atoms with Gasteiger partial charge in [0.1, 0.15) is 17.1 Å². The van der Waals surface area contributed by atoms with Gasteiger partial charge in [-0.25, -0.2) is 0 Å². The number of aromatic hydroxyl groups is 1. The third kappa shape index (κ3) is 3.34. The zero-order valence-corrected chi connectivity index (χ0v) is 15.7. The summed E-state index contributed by atoms with van der Waals surface area (Å²) in [6, 6.07) is 4.17. The minimum absolute atomic E-state index is 0.178. The summed E-state index contributed by atoms with van der Waals surface area (Å²) < 4.78 is 6.38. The number of hydrogen-bond acceptors (Lipinski definition) is 2. The van der Waals surface area contributed by atoms with Gasteiger partial charge in [0.05, 0.1) is 0 Å². The molecule has 1 heterocycles. The Kier molecular flexibility index (Phi) is 4.94. The predicted octanol–water partition coefficient (Wildman–Crippen LogP) is 6.13. The van der Waals surface area contributed by atoms with Gasteiger partial charge in [0, 0.05) is 17.4 Å². The van der Waals surface area contributed by atoms with Gasteiger partial charge in [0.2, 0.25) is 0 Å². The van der Waals surface area contributed by atoms with Crippen molar-refractivity contribution in [1.82, 2.24) is 0 Å². The Labute approximate surface area is 146 Å². The van der Waals surface area contributed by atoms with E-state index in [9.17, 15) is 5.11 Å². The molecule has 0 amide bonds. The number of aryl methyl sites for hydroxylation is 1. The minimum Gasteiger partial charge on any atom is -0.508 e. The Morgan fingerprint density at radius 1 is 1.21 bits per heavy atom. The summed E-state index contributed by atoms with van der Waals surface area (Å²) in [5.74, 6) is 2.18. The SMILES string of the molecule is CCCCCCc1cc(O)c2c(c1)OC(C)(C)C1CC=C(C)CC21. The molecule has 2 nitrogen and oxygen atoms in total. The number of allylic oxidation sites excluding steroid dienone is 2. The molecule has 2 aliphatic rings. The van der Waals surface area contributed by atoms with Crippen molar-refractivity contribution in [2.75, 3.05) is 0 Å². The topological polar surface area (TPSA) is 29.5 Å². The van der Waals surface area contributed by atoms with Crippen molar-refractivity contribution >= 4 is 0 Å². The number of unbranched alkanes of at least 4 members (excludes halogenated alkanes) is 3. The lowest BCUT2D eigenvalue weighted by Gasteiger charge is -2.47. The number of ether oxygens (including phenoxy) is 1. The smallest absolute Gasteiger partial charge is 0.127 e. The number of phenols is 1. The number of benzene rings is 1. The van der Waals surface area contributed by atoms with Crippen molar-refractivity contribution in [2.24, 2.45) is 5.92 Å². The van der Waals surface area contributed by atoms with E-state index in [4.69, 9.17) is 4.74 Å². The number of phenolic OH excluding ortho intramolecular Hbond substituents is 1. The van der Waals surface area contributed by atoms with Crippen molar-refractivity contribution in [3.05, 3.63) is 34.9 Å². The fraction of sp³-hybridized carbons (Fsp3) is 0.636. The molecule has 132 valence electrons. The van der Waals surface area contributed by atoms with E-state index in [1.807, 2.05) is 6.07 Å². The predicted molar refractivity (Wildman–Crippen MR) is 99.9 cm³/mol. The number of hydrogen-bond donors (Lipinski definition) is 1. The van der Waals surface area contributed by atoms with Crippen LogP contribution in [0, 0.1) is 5.92 Å². The first kappa shape index (κ1) is 17.4. The normalized spacial score (nSPS) is 24.6. The van der Waals surface area contributed by atoms with Crippen molar-refractivity contribution in [2.45, 2.75) is 84.2 Å². The Hall–Kier alpha value is -1.44. The van der Waals surface area contributed by atoms with Crippen LogP contribution in [-0.2, 0) is 6.42 Å². The van der Waals surface area contributed by atoms with Crippen LogP contribution in [0.25, 0.3) is 0 Å². The largest absolute Gasteiger partial charge is 0.508 e. The van der Waals surface area contributed by atoms with Crippen LogP contribution in [0.15, 0.2) is 23.8 Å². The van der Waals surface area contributed by atoms with Crippen LogP contribution in [0.5, 0.6) is 11.5 Å². The van der Waals surface area contributed by atoms with Crippen LogP contribution in [0.2, 0.25) is 0 Å². The van der Waals surface area contributed by atoms with E-state index in [-0.39, 0.29) is 5.60 Å². The maximum Gasteiger partial charge on any atom is 0.127 e. The second-order valence-corrected chi connectivity index (χ2v) is 8.25. The zero-order valence-electron chi connectivity index (χ0n) is 15.7. The average Bonchev–Trinajstić information content (AvgIpc) is 2.50. The third-order valence-corrected chi connectivity index (χ3v) is 5.88. The van der Waals surface area contributed by atoms with Gasteiger partial charge in [0.15, 0.2) is 0 Å². The molecule has 0 saturated heterocycles. The molecule has 1 aliphatic heterocycles. The van der Waals surface area contributed by atoms with E-state index >= 15 is 0 Å². The van der Waals surface area contributed by atoms with Gasteiger partial charge in [-0.1, -0.05) is 37.8 Å². The molecule has 2 atom stereocenters. The summed E-state index contributed by atoms with van der Waals surface area (Å²) >= 11 is 0. The lowest BCUT2D eigenvalue weighted by molar-refractivity contribution is 0.00753. The molecule has 2 heteroatoms. The van der Waals surface area contributed by atoms with Crippen LogP contribution >= 0.6 is 0 Å². The molecule has 1 aliphatic carbocycles. The first-order valence-electron chi connectivity index (χ1n) is 9.62. The minimum atomic E-state index is -0.178. The van der Waals surface area contributed by atoms with E-state index < -0.39 is 0 Å². The van der Waals surface area contributed by atoms with E-state index in [1.165, 1.54) is 36.8 Å². The zero-order chi connectivity index (χ0) is 17.3. The molecule has 0 bridgehead atoms. The highest BCUT2D eigenvalue weighted by atomic mass is 16.5. The molecule has 0 radical (unpaired) electrons. The van der Waals surface area contributed by atoms with E-state index in [0.29, 0.717) is 17.6 Å². The molecule has 1 aromatic carbocycles. The lowest BCUT2D eigenvalue weighted by atomic mass is 9.67. The van der Waals surface area contributed by atoms with Gasteiger partial charge in [-0.15, -0.1) is 0 Å². The highest BCUT2D eigenvalue weighted by Gasteiger charge is 2.45. The molecule has 0 aromatic heterocycles. The van der Waals surface area contributed by atoms with Crippen molar-refractivity contribution in [3.8, 4) is 11.5 Å². The summed E-state index contributed by atoms with van der Waals surface area (Å²) in [5, 5.41) is 10.7. The van der Waals surface area contributed by atoms with Gasteiger partial charge >= 0.3 is 0 Å². The Balaban J connectivity index is 1.89. The van der Waals surface area contributed by atoms with E-state index in [1.54, 1.807) is 0 Å². The van der Waals surface area contributed by atoms with Gasteiger partial charge in [-0.05, 0) is 64.2 Å². The van der Waals surface area contributed by atoms with Gasteiger partial charge in [0.25, 0.3) is 0 Å². The third-order valence-electron chi connectivity index (χ3n) is 5.88. The number of rotatable bonds is 5. The Morgan fingerprint density at radius 2 is 2.00 bits per heavy atom. The van der Waals surface area contributed by atoms with Crippen molar-refractivity contribution in [3.63, 3.8) is 0 Å². The molecule has 3 rings (SSSR count). The molecule has 0 saturated carbocycles. The van der Waals surface area contributed by atoms with Crippen LogP contribution in [0.1, 0.15) is 83.3 Å². The fourth-order valence-corrected chi connectivity index (χ4v) is 4.52. The molecule has 1 aromatic rings. The quantitative estimate of drug-likeness (QED) is 0.520. The number of fused-ring (bicyclic) bond motifs is 3. The average molecular weight is 328 g/mol. The fourth-order valence-electron chi connectivity index (χ4n) is 4.52. The van der Waals surface area contributed by atoms with Gasteiger partial charge in [-0.2, -0.15) is 0 Å². The summed E-state index contributed by atoms with van der Waals surface area (Å²) in [4.78, 5) is 0. The first-order valence-corrected chi connectivity index (χ1v) is 9.62. The van der Waals surface area contributed by atoms with Gasteiger partial charge < -0.3 is 9.84 Å². The van der Waals surface area contributed by atoms with Crippen molar-refractivity contribution in [1.29, 1.82) is 0 Å². The van der Waals surface area contributed by atoms with Crippen LogP contribution in [0.3, 0.4) is 0 Å². The molecule has 0 spiro atoms. The first-order chi connectivity index (χ1) is 11.4. The summed E-state index contributed by atoms with van der Waals surface area (Å²) in [6.45, 7) is 8.84. The van der Waals surface area contributed by atoms with Crippen molar-refractivity contribution < 1.29 is 9.84 Å². The highest BCUT2D eigenvalue weighted by Crippen LogP contribution is 2.54. The maximum atomic E-state index is 10.7. The Morgan fingerprint density at radius 3 is 2.75 bits per heavy atom. The molecule has 24 heavy (non-hydrogen) atoms. The molecule has 2 unspecified atom stereocenters. The lowest BCUT2D eigenvalue weighted by Crippen LogP contribution is -2.45. The van der Waals surface area contributed by atoms with Crippen LogP contribution in [0.4, 0.5) is 0 Å². The molecule has 1 N–H and O–H groups in total. The second-order valence-electron chi connectivity index (χ2n) is 8.25. The highest BCUT2D eigenvalue weighted by molar-refractivity contribution is 5.52. The molecule has 0 fully saturated rings. The van der Waals surface area contributed by atoms with Crippen LogP contribution in [-0.4, -0.2) is 10.7 Å². The summed E-state index contributed by atoms with van der Waals surface area (Å²) in [6.07, 6.45) is 10.4.